The molecule has 0 fully saturated rings. The molecule has 0 saturated carbocycles. The third-order valence-corrected chi connectivity index (χ3v) is 7.08. The van der Waals surface area contributed by atoms with Gasteiger partial charge in [-0.1, -0.05) is 103 Å². The van der Waals surface area contributed by atoms with E-state index < -0.39 is 6.04 Å². The van der Waals surface area contributed by atoms with E-state index in [9.17, 15) is 9.59 Å². The summed E-state index contributed by atoms with van der Waals surface area (Å²) in [4.78, 5) is 28.7. The van der Waals surface area contributed by atoms with Crippen LogP contribution in [0.25, 0.3) is 0 Å². The van der Waals surface area contributed by atoms with Gasteiger partial charge in [-0.25, -0.2) is 0 Å². The lowest BCUT2D eigenvalue weighted by Crippen LogP contribution is -2.51. The predicted molar refractivity (Wildman–Crippen MR) is 149 cm³/mol. The second-order valence-electron chi connectivity index (χ2n) is 8.97. The van der Waals surface area contributed by atoms with Crippen molar-refractivity contribution >= 4 is 39.5 Å². The predicted octanol–water partition coefficient (Wildman–Crippen LogP) is 6.09. The fourth-order valence-electron chi connectivity index (χ4n) is 3.68. The zero-order valence-corrected chi connectivity index (χ0v) is 22.7. The molecule has 1 unspecified atom stereocenters. The number of thioether (sulfide) groups is 1. The molecule has 35 heavy (non-hydrogen) atoms. The maximum absolute atomic E-state index is 13.6. The Kier molecular flexibility index (Phi) is 10.9. The van der Waals surface area contributed by atoms with Crippen LogP contribution in [0.5, 0.6) is 0 Å². The van der Waals surface area contributed by atoms with E-state index in [1.165, 1.54) is 0 Å². The zero-order chi connectivity index (χ0) is 25.0. The minimum absolute atomic E-state index is 0.0309. The Balaban J connectivity index is 1.80. The number of rotatable bonds is 12. The lowest BCUT2D eigenvalue weighted by Gasteiger charge is -2.31. The number of carbonyl (C=O) groups is 2. The van der Waals surface area contributed by atoms with Gasteiger partial charge in [-0.3, -0.25) is 9.59 Å². The van der Waals surface area contributed by atoms with Gasteiger partial charge in [-0.15, -0.1) is 11.8 Å². The molecule has 0 aliphatic carbocycles. The summed E-state index contributed by atoms with van der Waals surface area (Å²) in [6.07, 6.45) is 0.473. The number of nitrogens with one attached hydrogen (secondary N) is 1. The van der Waals surface area contributed by atoms with Crippen LogP contribution in [-0.4, -0.2) is 35.1 Å². The largest absolute Gasteiger partial charge is 0.354 e. The maximum atomic E-state index is 13.6. The number of hydrogen-bond donors (Lipinski definition) is 1. The van der Waals surface area contributed by atoms with Crippen molar-refractivity contribution in [3.8, 4) is 0 Å². The summed E-state index contributed by atoms with van der Waals surface area (Å²) < 4.78 is 1.03. The van der Waals surface area contributed by atoms with Crippen molar-refractivity contribution in [1.29, 1.82) is 0 Å². The molecule has 2 amide bonds. The average molecular weight is 554 g/mol. The van der Waals surface area contributed by atoms with Crippen LogP contribution in [0.4, 0.5) is 0 Å². The van der Waals surface area contributed by atoms with Gasteiger partial charge < -0.3 is 10.2 Å². The molecule has 3 aromatic rings. The number of hydrogen-bond acceptors (Lipinski definition) is 3. The third kappa shape index (κ3) is 9.19. The summed E-state index contributed by atoms with van der Waals surface area (Å²) in [5.41, 5.74) is 3.20. The molecule has 184 valence electrons. The molecule has 0 radical (unpaired) electrons. The summed E-state index contributed by atoms with van der Waals surface area (Å²) >= 11 is 5.03. The fourth-order valence-corrected chi connectivity index (χ4v) is 4.81. The van der Waals surface area contributed by atoms with Gasteiger partial charge >= 0.3 is 0 Å². The van der Waals surface area contributed by atoms with Crippen molar-refractivity contribution < 1.29 is 9.59 Å². The maximum Gasteiger partial charge on any atom is 0.243 e. The molecule has 6 heteroatoms. The molecule has 0 bridgehead atoms. The molecule has 0 aromatic heterocycles. The summed E-state index contributed by atoms with van der Waals surface area (Å²) in [6, 6.07) is 27.3. The molecule has 3 aromatic carbocycles. The fraction of sp³-hybridized carbons (Fsp3) is 0.310. The number of amides is 2. The van der Waals surface area contributed by atoms with Gasteiger partial charge in [0.1, 0.15) is 6.04 Å². The lowest BCUT2D eigenvalue weighted by atomic mass is 10.0. The van der Waals surface area contributed by atoms with Crippen LogP contribution in [0.2, 0.25) is 0 Å². The summed E-state index contributed by atoms with van der Waals surface area (Å²) in [7, 11) is 0. The summed E-state index contributed by atoms with van der Waals surface area (Å²) in [5, 5.41) is 3.07. The van der Waals surface area contributed by atoms with E-state index in [0.29, 0.717) is 31.2 Å². The first-order valence-electron chi connectivity index (χ1n) is 11.9. The van der Waals surface area contributed by atoms with Gasteiger partial charge in [0.05, 0.1) is 5.75 Å². The van der Waals surface area contributed by atoms with Gasteiger partial charge in [-0.05, 0) is 34.7 Å². The minimum atomic E-state index is -0.586. The second kappa shape index (κ2) is 14.1. The third-order valence-electron chi connectivity index (χ3n) is 5.56. The quantitative estimate of drug-likeness (QED) is 0.295. The van der Waals surface area contributed by atoms with E-state index in [-0.39, 0.29) is 11.8 Å². The molecule has 0 aliphatic rings. The van der Waals surface area contributed by atoms with E-state index in [2.05, 4.69) is 47.2 Å². The molecule has 1 N–H and O–H groups in total. The molecule has 0 spiro atoms. The van der Waals surface area contributed by atoms with Crippen molar-refractivity contribution in [2.24, 2.45) is 5.92 Å². The van der Waals surface area contributed by atoms with Crippen molar-refractivity contribution in [1.82, 2.24) is 10.2 Å². The molecule has 3 rings (SSSR count). The van der Waals surface area contributed by atoms with Crippen LogP contribution in [0.1, 0.15) is 30.5 Å². The van der Waals surface area contributed by atoms with E-state index in [0.717, 1.165) is 26.9 Å². The SMILES string of the molecule is CC(C)CNC(=O)C(Cc1ccccc1)N(Cc1ccccc1)C(=O)CSCc1ccc(Br)cc1. The Hall–Kier alpha value is -2.57. The van der Waals surface area contributed by atoms with E-state index in [1.54, 1.807) is 16.7 Å². The van der Waals surface area contributed by atoms with Crippen molar-refractivity contribution in [2.75, 3.05) is 12.3 Å². The van der Waals surface area contributed by atoms with Crippen LogP contribution < -0.4 is 5.32 Å². The standard InChI is InChI=1S/C29H33BrN2O2S/c1-22(2)18-31-29(34)27(17-23-9-5-3-6-10-23)32(19-24-11-7-4-8-12-24)28(33)21-35-20-25-13-15-26(30)16-14-25/h3-16,22,27H,17-21H2,1-2H3,(H,31,34). The topological polar surface area (TPSA) is 49.4 Å². The smallest absolute Gasteiger partial charge is 0.243 e. The van der Waals surface area contributed by atoms with E-state index in [4.69, 9.17) is 0 Å². The molecule has 1 atom stereocenters. The van der Waals surface area contributed by atoms with E-state index in [1.807, 2.05) is 72.8 Å². The van der Waals surface area contributed by atoms with Crippen LogP contribution >= 0.6 is 27.7 Å². The number of halogens is 1. The van der Waals surface area contributed by atoms with Gasteiger partial charge in [-0.2, -0.15) is 0 Å². The van der Waals surface area contributed by atoms with Gasteiger partial charge in [0.15, 0.2) is 0 Å². The van der Waals surface area contributed by atoms with Gasteiger partial charge in [0, 0.05) is 29.7 Å². The van der Waals surface area contributed by atoms with Crippen LogP contribution in [-0.2, 0) is 28.3 Å². The molecular weight excluding hydrogens is 520 g/mol. The minimum Gasteiger partial charge on any atom is -0.354 e. The highest BCUT2D eigenvalue weighted by Crippen LogP contribution is 2.19. The van der Waals surface area contributed by atoms with Gasteiger partial charge in [0.2, 0.25) is 11.8 Å². The Morgan fingerprint density at radius 2 is 1.46 bits per heavy atom. The highest BCUT2D eigenvalue weighted by Gasteiger charge is 2.30. The first kappa shape index (κ1) is 27.0. The highest BCUT2D eigenvalue weighted by molar-refractivity contribution is 9.10. The van der Waals surface area contributed by atoms with E-state index >= 15 is 0 Å². The first-order valence-corrected chi connectivity index (χ1v) is 13.8. The monoisotopic (exact) mass is 552 g/mol. The molecule has 0 aliphatic heterocycles. The van der Waals surface area contributed by atoms with Crippen molar-refractivity contribution in [3.63, 3.8) is 0 Å². The first-order chi connectivity index (χ1) is 16.9. The Labute approximate surface area is 221 Å². The molecule has 4 nitrogen and oxygen atoms in total. The number of benzene rings is 3. The average Bonchev–Trinajstić information content (AvgIpc) is 2.87. The van der Waals surface area contributed by atoms with Crippen LogP contribution in [0.15, 0.2) is 89.4 Å². The normalized spacial score (nSPS) is 11.8. The highest BCUT2D eigenvalue weighted by atomic mass is 79.9. The van der Waals surface area contributed by atoms with Crippen molar-refractivity contribution in [2.45, 2.75) is 38.6 Å². The number of carbonyl (C=O) groups excluding carboxylic acids is 2. The van der Waals surface area contributed by atoms with Crippen LogP contribution in [0.3, 0.4) is 0 Å². The van der Waals surface area contributed by atoms with Crippen LogP contribution in [0, 0.1) is 5.92 Å². The van der Waals surface area contributed by atoms with Crippen molar-refractivity contribution in [3.05, 3.63) is 106 Å². The molecule has 0 heterocycles. The second-order valence-corrected chi connectivity index (χ2v) is 10.9. The Morgan fingerprint density at radius 3 is 2.06 bits per heavy atom. The summed E-state index contributed by atoms with van der Waals surface area (Å²) in [6.45, 7) is 5.11. The number of nitrogens with zero attached hydrogens (tertiary/aromatic N) is 1. The Morgan fingerprint density at radius 1 is 0.857 bits per heavy atom. The Bertz CT molecular complexity index is 1060. The molecular formula is C29H33BrN2O2S. The van der Waals surface area contributed by atoms with Gasteiger partial charge in [0.25, 0.3) is 0 Å². The zero-order valence-electron chi connectivity index (χ0n) is 20.3. The summed E-state index contributed by atoms with van der Waals surface area (Å²) in [5.74, 6) is 1.24. The lowest BCUT2D eigenvalue weighted by molar-refractivity contribution is -0.139. The molecule has 0 saturated heterocycles.